The molecule has 1 aliphatic heterocycles. The summed E-state index contributed by atoms with van der Waals surface area (Å²) in [6, 6.07) is 0. The minimum Gasteiger partial charge on any atom is -0.315 e. The van der Waals surface area contributed by atoms with Gasteiger partial charge in [0.05, 0.1) is 11.5 Å². The summed E-state index contributed by atoms with van der Waals surface area (Å²) in [7, 11) is -7.10. The number of sulfone groups is 1. The highest BCUT2D eigenvalue weighted by atomic mass is 32.2. The first-order chi connectivity index (χ1) is 8.53. The number of H-pyrrole nitrogens is 1. The molecule has 0 radical (unpaired) electrons. The second-order valence-electron chi connectivity index (χ2n) is 4.94. The van der Waals surface area contributed by atoms with Gasteiger partial charge in [0.25, 0.3) is 10.0 Å². The van der Waals surface area contributed by atoms with Gasteiger partial charge in [-0.2, -0.15) is 0 Å². The fraction of sp³-hybridized carbons (Fsp3) is 0.667. The van der Waals surface area contributed by atoms with E-state index in [1.54, 1.807) is 6.92 Å². The first-order valence-electron chi connectivity index (χ1n) is 5.47. The lowest BCUT2D eigenvalue weighted by atomic mass is 10.0. The number of aromatic nitrogens is 1. The highest BCUT2D eigenvalue weighted by Gasteiger charge is 2.42. The fourth-order valence-corrected chi connectivity index (χ4v) is 7.03. The van der Waals surface area contributed by atoms with Gasteiger partial charge in [-0.05, 0) is 20.3 Å². The van der Waals surface area contributed by atoms with E-state index in [0.29, 0.717) is 11.3 Å². The number of nitrogens with one attached hydrogen (secondary N) is 2. The van der Waals surface area contributed by atoms with Gasteiger partial charge >= 0.3 is 4.87 Å². The smallest absolute Gasteiger partial charge is 0.305 e. The van der Waals surface area contributed by atoms with Crippen molar-refractivity contribution in [3.8, 4) is 0 Å². The van der Waals surface area contributed by atoms with E-state index in [4.69, 9.17) is 0 Å². The molecule has 2 N–H and O–H groups in total. The van der Waals surface area contributed by atoms with E-state index in [1.165, 1.54) is 6.92 Å². The van der Waals surface area contributed by atoms with E-state index in [2.05, 4.69) is 9.71 Å². The fourth-order valence-electron chi connectivity index (χ4n) is 2.11. The van der Waals surface area contributed by atoms with Crippen LogP contribution < -0.4 is 9.60 Å². The molecule has 1 aromatic rings. The number of rotatable bonds is 3. The Morgan fingerprint density at radius 1 is 1.42 bits per heavy atom. The lowest BCUT2D eigenvalue weighted by molar-refractivity contribution is 0.462. The second kappa shape index (κ2) is 4.40. The first-order valence-corrected chi connectivity index (χ1v) is 9.59. The van der Waals surface area contributed by atoms with Crippen LogP contribution in [0.2, 0.25) is 0 Å². The Balaban J connectivity index is 2.33. The summed E-state index contributed by atoms with van der Waals surface area (Å²) in [6.07, 6.45) is 0.229. The van der Waals surface area contributed by atoms with Crippen molar-refractivity contribution in [1.29, 1.82) is 0 Å². The normalized spacial score (nSPS) is 26.6. The van der Waals surface area contributed by atoms with Gasteiger partial charge in [0.15, 0.2) is 14.0 Å². The summed E-state index contributed by atoms with van der Waals surface area (Å²) < 4.78 is 49.6. The zero-order valence-electron chi connectivity index (χ0n) is 10.4. The molecule has 7 nitrogen and oxygen atoms in total. The van der Waals surface area contributed by atoms with Crippen molar-refractivity contribution in [2.45, 2.75) is 30.0 Å². The van der Waals surface area contributed by atoms with Crippen LogP contribution >= 0.6 is 11.3 Å². The van der Waals surface area contributed by atoms with Crippen LogP contribution in [0, 0.1) is 6.92 Å². The van der Waals surface area contributed by atoms with Crippen molar-refractivity contribution in [2.24, 2.45) is 0 Å². The predicted molar refractivity (Wildman–Crippen MR) is 71.7 cm³/mol. The van der Waals surface area contributed by atoms with Crippen molar-refractivity contribution in [3.63, 3.8) is 0 Å². The molecular weight excluding hydrogens is 312 g/mol. The van der Waals surface area contributed by atoms with E-state index >= 15 is 0 Å². The van der Waals surface area contributed by atoms with Crippen molar-refractivity contribution in [2.75, 3.05) is 11.5 Å². The Hall–Kier alpha value is -0.710. The third-order valence-electron chi connectivity index (χ3n) is 2.91. The van der Waals surface area contributed by atoms with Crippen molar-refractivity contribution in [1.82, 2.24) is 9.71 Å². The average molecular weight is 326 g/mol. The van der Waals surface area contributed by atoms with Crippen LogP contribution in [0.5, 0.6) is 0 Å². The number of sulfonamides is 1. The standard InChI is InChI=1S/C9H14N2O5S3/c1-6-7(17-8(12)10-6)19(15,16)11-9(2)3-4-18(13,14)5-9/h11H,3-5H2,1-2H3,(H,10,12). The zero-order valence-corrected chi connectivity index (χ0v) is 12.8. The molecular formula is C9H14N2O5S3. The lowest BCUT2D eigenvalue weighted by Crippen LogP contribution is -2.46. The number of hydrogen-bond acceptors (Lipinski definition) is 6. The van der Waals surface area contributed by atoms with Crippen LogP contribution in [0.15, 0.2) is 9.00 Å². The van der Waals surface area contributed by atoms with Crippen molar-refractivity contribution < 1.29 is 16.8 Å². The summed E-state index contributed by atoms with van der Waals surface area (Å²) in [5, 5.41) is 0. The minimum atomic E-state index is -3.89. The van der Waals surface area contributed by atoms with E-state index in [-0.39, 0.29) is 27.8 Å². The number of aromatic amines is 1. The predicted octanol–water partition coefficient (Wildman–Crippen LogP) is -0.400. The zero-order chi connectivity index (χ0) is 14.5. The maximum Gasteiger partial charge on any atom is 0.305 e. The van der Waals surface area contributed by atoms with Crippen molar-refractivity contribution >= 4 is 31.2 Å². The lowest BCUT2D eigenvalue weighted by Gasteiger charge is -2.23. The topological polar surface area (TPSA) is 113 Å². The Labute approximate surface area is 115 Å². The van der Waals surface area contributed by atoms with Gasteiger partial charge in [0.1, 0.15) is 0 Å². The molecule has 10 heteroatoms. The van der Waals surface area contributed by atoms with Gasteiger partial charge in [0.2, 0.25) is 0 Å². The van der Waals surface area contributed by atoms with Crippen molar-refractivity contribution in [3.05, 3.63) is 15.4 Å². The van der Waals surface area contributed by atoms with Gasteiger partial charge in [-0.25, -0.2) is 21.6 Å². The van der Waals surface area contributed by atoms with Gasteiger partial charge in [0, 0.05) is 11.2 Å². The molecule has 1 unspecified atom stereocenters. The quantitative estimate of drug-likeness (QED) is 0.785. The third kappa shape index (κ3) is 3.07. The monoisotopic (exact) mass is 326 g/mol. The van der Waals surface area contributed by atoms with Crippen LogP contribution in [0.25, 0.3) is 0 Å². The molecule has 108 valence electrons. The third-order valence-corrected chi connectivity index (χ3v) is 8.06. The van der Waals surface area contributed by atoms with Crippen LogP contribution in [-0.4, -0.2) is 38.9 Å². The average Bonchev–Trinajstić information content (AvgIpc) is 2.66. The molecule has 1 atom stereocenters. The number of aryl methyl sites for hydroxylation is 1. The second-order valence-corrected chi connectivity index (χ2v) is 9.98. The van der Waals surface area contributed by atoms with Gasteiger partial charge in [-0.1, -0.05) is 11.3 Å². The largest absolute Gasteiger partial charge is 0.315 e. The molecule has 0 aromatic carbocycles. The Kier molecular flexibility index (Phi) is 3.40. The summed E-state index contributed by atoms with van der Waals surface area (Å²) in [5.41, 5.74) is -0.760. The van der Waals surface area contributed by atoms with E-state index < -0.39 is 30.3 Å². The van der Waals surface area contributed by atoms with Gasteiger partial charge in [-0.15, -0.1) is 0 Å². The minimum absolute atomic E-state index is 0.0334. The van der Waals surface area contributed by atoms with E-state index in [1.807, 2.05) is 0 Å². The molecule has 2 rings (SSSR count). The SMILES string of the molecule is Cc1[nH]c(=O)sc1S(=O)(=O)NC1(C)CCS(=O)(=O)C1. The molecule has 0 spiro atoms. The van der Waals surface area contributed by atoms with Gasteiger partial charge < -0.3 is 4.98 Å². The Morgan fingerprint density at radius 2 is 2.05 bits per heavy atom. The molecule has 1 aromatic heterocycles. The van der Waals surface area contributed by atoms with E-state index in [9.17, 15) is 21.6 Å². The Morgan fingerprint density at radius 3 is 2.47 bits per heavy atom. The number of thiazole rings is 1. The highest BCUT2D eigenvalue weighted by molar-refractivity contribution is 7.92. The molecule has 0 aliphatic carbocycles. The maximum atomic E-state index is 12.2. The molecule has 0 bridgehead atoms. The maximum absolute atomic E-state index is 12.2. The molecule has 1 fully saturated rings. The van der Waals surface area contributed by atoms with Crippen LogP contribution in [0.1, 0.15) is 19.0 Å². The molecule has 2 heterocycles. The highest BCUT2D eigenvalue weighted by Crippen LogP contribution is 2.26. The Bertz CT molecular complexity index is 758. The van der Waals surface area contributed by atoms with Crippen LogP contribution in [-0.2, 0) is 19.9 Å². The molecule has 1 aliphatic rings. The molecule has 0 amide bonds. The summed E-state index contributed by atoms with van der Waals surface area (Å²) in [4.78, 5) is 13.1. The molecule has 1 saturated heterocycles. The van der Waals surface area contributed by atoms with Gasteiger partial charge in [-0.3, -0.25) is 4.79 Å². The van der Waals surface area contributed by atoms with Crippen LogP contribution in [0.4, 0.5) is 0 Å². The first kappa shape index (κ1) is 14.7. The molecule has 19 heavy (non-hydrogen) atoms. The number of hydrogen-bond donors (Lipinski definition) is 2. The molecule has 0 saturated carbocycles. The van der Waals surface area contributed by atoms with Crippen LogP contribution in [0.3, 0.4) is 0 Å². The summed E-state index contributed by atoms with van der Waals surface area (Å²) in [6.45, 7) is 3.04. The van der Waals surface area contributed by atoms with E-state index in [0.717, 1.165) is 0 Å². The summed E-state index contributed by atoms with van der Waals surface area (Å²) in [5.74, 6) is -0.258. The summed E-state index contributed by atoms with van der Waals surface area (Å²) >= 11 is 0.592.